The predicted molar refractivity (Wildman–Crippen MR) is 376 cm³/mol. The van der Waals surface area contributed by atoms with Crippen molar-refractivity contribution < 1.29 is 62.6 Å². The number of aromatic hydroxyl groups is 1. The van der Waals surface area contributed by atoms with Gasteiger partial charge in [0.2, 0.25) is 70.9 Å². The Hall–Kier alpha value is -10.4. The van der Waals surface area contributed by atoms with Gasteiger partial charge in [-0.15, -0.1) is 0 Å². The fourth-order valence-electron chi connectivity index (χ4n) is 11.1. The van der Waals surface area contributed by atoms with Crippen LogP contribution in [-0.2, 0) is 70.4 Å². The van der Waals surface area contributed by atoms with Crippen LogP contribution in [0.15, 0.2) is 69.6 Å². The van der Waals surface area contributed by atoms with Crippen LogP contribution in [0.3, 0.4) is 0 Å². The number of likely N-dealkylation sites (tertiary alicyclic amines) is 1. The first-order valence-electron chi connectivity index (χ1n) is 34.1. The number of phenols is 1. The molecule has 2 aliphatic heterocycles. The van der Waals surface area contributed by atoms with Gasteiger partial charge in [0.15, 0.2) is 17.9 Å². The smallest absolute Gasteiger partial charge is 0.245 e. The third-order valence-electron chi connectivity index (χ3n) is 16.8. The Kier molecular flexibility index (Phi) is 36.7. The molecule has 2 unspecified atom stereocenters. The first-order valence-corrected chi connectivity index (χ1v) is 34.1. The number of benzene rings is 2. The SMILES string of the molecule is CC[C@H](C)[C@H](NC(=O)[C@H](CCCN=C(N)N)NC(=O)[C@H](CCCN=C(N)N)NC(=O)C1CCCCNC(=O)CN[C@@H](Cc2ccc(O)cc2)C(=O)NCC(=O)NCC(=O)NC(Cc2ccccc2)C(=O)N1)C(=O)N[C@@H](CCCN=C(N)N)C(=O)N1CCC[C@H]1C(=O)N[C@@H](CCCCN)C(N)=O. The van der Waals surface area contributed by atoms with Gasteiger partial charge >= 0.3 is 0 Å². The summed E-state index contributed by atoms with van der Waals surface area (Å²) in [6.07, 6.45) is 2.49. The minimum Gasteiger partial charge on any atom is -0.508 e. The predicted octanol–water partition coefficient (Wildman–Crippen LogP) is -6.13. The lowest BCUT2D eigenvalue weighted by Crippen LogP contribution is -2.61. The molecule has 4 rings (SSSR count). The van der Waals surface area contributed by atoms with Gasteiger partial charge in [0, 0.05) is 39.1 Å². The minimum absolute atomic E-state index is 0.00762. The minimum atomic E-state index is -1.49. The second-order valence-corrected chi connectivity index (χ2v) is 24.9. The number of carbonyl (C=O) groups excluding carboxylic acids is 12. The van der Waals surface area contributed by atoms with E-state index in [0.717, 1.165) is 0 Å². The number of unbranched alkanes of at least 4 members (excludes halogenated alkanes) is 1. The molecule has 2 aromatic carbocycles. The van der Waals surface area contributed by atoms with Crippen molar-refractivity contribution in [2.24, 2.45) is 66.8 Å². The van der Waals surface area contributed by atoms with E-state index in [1.54, 1.807) is 56.3 Å². The maximum Gasteiger partial charge on any atom is 0.245 e. The third kappa shape index (κ3) is 31.1. The van der Waals surface area contributed by atoms with Gasteiger partial charge in [-0.05, 0) is 132 Å². The fourth-order valence-corrected chi connectivity index (χ4v) is 11.1. The van der Waals surface area contributed by atoms with Crippen molar-refractivity contribution in [3.63, 3.8) is 0 Å². The molecule has 2 heterocycles. The normalized spacial score (nSPS) is 19.1. The first kappa shape index (κ1) is 83.0. The van der Waals surface area contributed by atoms with E-state index in [0.29, 0.717) is 43.4 Å². The van der Waals surface area contributed by atoms with E-state index in [4.69, 9.17) is 45.9 Å². The van der Waals surface area contributed by atoms with Gasteiger partial charge in [-0.3, -0.25) is 77.8 Å². The molecule has 28 N–H and O–H groups in total. The average molecular weight is 1420 g/mol. The summed E-state index contributed by atoms with van der Waals surface area (Å²) < 4.78 is 0. The quantitative estimate of drug-likeness (QED) is 0.0176. The lowest BCUT2D eigenvalue weighted by Gasteiger charge is -2.32. The lowest BCUT2D eigenvalue weighted by molar-refractivity contribution is -0.142. The zero-order valence-electron chi connectivity index (χ0n) is 57.6. The Balaban J connectivity index is 1.68. The average Bonchev–Trinajstić information content (AvgIpc) is 1.77. The van der Waals surface area contributed by atoms with E-state index in [9.17, 15) is 62.6 Å². The van der Waals surface area contributed by atoms with Crippen LogP contribution in [-0.4, -0.2) is 212 Å². The van der Waals surface area contributed by atoms with Crippen molar-refractivity contribution in [1.29, 1.82) is 0 Å². The molecule has 0 bridgehead atoms. The summed E-state index contributed by atoms with van der Waals surface area (Å²) in [6, 6.07) is 3.09. The number of carbonyl (C=O) groups is 12. The van der Waals surface area contributed by atoms with Crippen LogP contribution in [0.5, 0.6) is 5.75 Å². The van der Waals surface area contributed by atoms with Crippen LogP contribution in [0.25, 0.3) is 0 Å². The summed E-state index contributed by atoms with van der Waals surface area (Å²) >= 11 is 0. The Bertz CT molecular complexity index is 3160. The number of hydrogen-bond donors (Lipinski definition) is 20. The lowest BCUT2D eigenvalue weighted by atomic mass is 9.96. The second kappa shape index (κ2) is 44.6. The number of amides is 12. The topological polar surface area (TPSA) is 606 Å². The largest absolute Gasteiger partial charge is 0.508 e. The van der Waals surface area contributed by atoms with Crippen LogP contribution >= 0.6 is 0 Å². The Morgan fingerprint density at radius 3 is 1.70 bits per heavy atom. The number of primary amides is 1. The molecule has 2 fully saturated rings. The van der Waals surface area contributed by atoms with Gasteiger partial charge in [0.25, 0.3) is 0 Å². The van der Waals surface area contributed by atoms with Crippen molar-refractivity contribution in [3.05, 3.63) is 65.7 Å². The van der Waals surface area contributed by atoms with Gasteiger partial charge < -0.3 is 109 Å². The molecule has 2 aromatic rings. The summed E-state index contributed by atoms with van der Waals surface area (Å²) in [5, 5.41) is 39.5. The Morgan fingerprint density at radius 2 is 1.10 bits per heavy atom. The van der Waals surface area contributed by atoms with Crippen molar-refractivity contribution >= 4 is 88.8 Å². The monoisotopic (exact) mass is 1420 g/mol. The van der Waals surface area contributed by atoms with E-state index in [2.05, 4.69) is 73.5 Å². The summed E-state index contributed by atoms with van der Waals surface area (Å²) in [5.74, 6) is -10.4. The molecule has 36 nitrogen and oxygen atoms in total. The van der Waals surface area contributed by atoms with E-state index in [1.807, 2.05) is 0 Å². The molecular weight excluding hydrogens is 1310 g/mol. The molecule has 2 saturated heterocycles. The Labute approximate surface area is 587 Å². The van der Waals surface area contributed by atoms with Crippen LogP contribution in [0.1, 0.15) is 121 Å². The highest BCUT2D eigenvalue weighted by Gasteiger charge is 2.41. The molecule has 101 heavy (non-hydrogen) atoms. The Morgan fingerprint density at radius 1 is 0.554 bits per heavy atom. The van der Waals surface area contributed by atoms with Crippen LogP contribution < -0.4 is 104 Å². The summed E-state index contributed by atoms with van der Waals surface area (Å²) in [4.78, 5) is 182. The number of hydrogen-bond acceptors (Lipinski definition) is 18. The van der Waals surface area contributed by atoms with Gasteiger partial charge in [0.05, 0.1) is 25.7 Å². The molecule has 12 amide bonds. The summed E-state index contributed by atoms with van der Waals surface area (Å²) in [7, 11) is 0. The maximum absolute atomic E-state index is 14.9. The number of guanidine groups is 3. The molecule has 2 aliphatic rings. The molecule has 0 aliphatic carbocycles. The molecule has 0 aromatic heterocycles. The number of aliphatic imine (C=N–C) groups is 3. The van der Waals surface area contributed by atoms with E-state index in [1.165, 1.54) is 17.0 Å². The van der Waals surface area contributed by atoms with Gasteiger partial charge in [-0.25, -0.2) is 0 Å². The molecule has 0 spiro atoms. The molecule has 0 saturated carbocycles. The molecule has 36 heteroatoms. The summed E-state index contributed by atoms with van der Waals surface area (Å²) in [5.41, 5.74) is 46.2. The van der Waals surface area contributed by atoms with E-state index >= 15 is 0 Å². The van der Waals surface area contributed by atoms with Gasteiger partial charge in [0.1, 0.15) is 54.1 Å². The number of phenolic OH excluding ortho intramolecular Hbond substituents is 1. The first-order chi connectivity index (χ1) is 48.2. The van der Waals surface area contributed by atoms with Crippen molar-refractivity contribution in [3.8, 4) is 5.75 Å². The highest BCUT2D eigenvalue weighted by Crippen LogP contribution is 2.22. The van der Waals surface area contributed by atoms with Gasteiger partial charge in [-0.1, -0.05) is 62.7 Å². The molecule has 10 atom stereocenters. The second-order valence-electron chi connectivity index (χ2n) is 24.9. The maximum atomic E-state index is 14.9. The van der Waals surface area contributed by atoms with Crippen LogP contribution in [0, 0.1) is 5.92 Å². The number of nitrogens with two attached hydrogens (primary N) is 8. The molecular formula is C65H105N23O13. The fraction of sp³-hybridized carbons (Fsp3) is 0.585. The summed E-state index contributed by atoms with van der Waals surface area (Å²) in [6.45, 7) is 2.43. The van der Waals surface area contributed by atoms with Crippen molar-refractivity contribution in [2.45, 2.75) is 177 Å². The van der Waals surface area contributed by atoms with Crippen LogP contribution in [0.4, 0.5) is 0 Å². The number of nitrogens with zero attached hydrogens (tertiary/aromatic N) is 4. The number of rotatable bonds is 34. The van der Waals surface area contributed by atoms with E-state index in [-0.39, 0.29) is 146 Å². The third-order valence-corrected chi connectivity index (χ3v) is 16.8. The molecule has 558 valence electrons. The standard InChI is InChI=1S/C65H105N23O13/c1-3-38(2)53(61(100)86-46(21-13-31-77-65(72)73)62(101)88-32-14-22-49(88)60(99)82-42(54(67)93)17-7-9-27-66)87-58(97)45(20-12-30-76-64(70)71)84-57(96)44(19-11-29-75-63(68)69)83-56(95)43-18-8-10-28-74-50(90)35-78-47(33-40-23-25-41(89)26-24-40)55(94)80-36-51(91)79-37-52(92)81-48(59(98)85-43)34-39-15-5-4-6-16-39/h4-6,15-16,23-26,38,42-49,53,78,89H,3,7-14,17-22,27-37,66H2,1-2H3,(H2,67,93)(H,74,90)(H,79,91)(H,80,94)(H,81,92)(H,82,99)(H,83,95)(H,84,96)(H,85,98)(H,86,100)(H,87,97)(H4,68,69,75)(H4,70,71,76)(H4,72,73,77)/t38-,42-,43?,44-,45-,46-,47-,48?,49-,53-/m0/s1. The van der Waals surface area contributed by atoms with Gasteiger partial charge in [-0.2, -0.15) is 0 Å². The zero-order chi connectivity index (χ0) is 74.4. The van der Waals surface area contributed by atoms with E-state index < -0.39 is 144 Å². The van der Waals surface area contributed by atoms with Crippen molar-refractivity contribution in [2.75, 3.05) is 58.9 Å². The highest BCUT2D eigenvalue weighted by atomic mass is 16.3. The zero-order valence-corrected chi connectivity index (χ0v) is 57.6. The molecule has 0 radical (unpaired) electrons. The van der Waals surface area contributed by atoms with Crippen LogP contribution in [0.2, 0.25) is 0 Å². The van der Waals surface area contributed by atoms with Crippen molar-refractivity contribution in [1.82, 2.24) is 63.4 Å². The number of nitrogens with one attached hydrogen (secondary N) is 11. The highest BCUT2D eigenvalue weighted by molar-refractivity contribution is 5.99.